The molecule has 0 bridgehead atoms. The summed E-state index contributed by atoms with van der Waals surface area (Å²) in [6.07, 6.45) is -3.69. The Balaban J connectivity index is 0.000000228. The number of rotatable bonds is 12. The molecule has 6 aromatic rings. The van der Waals surface area contributed by atoms with Crippen LogP contribution in [0.2, 0.25) is 0 Å². The number of aromatic nitrogens is 6. The van der Waals surface area contributed by atoms with E-state index in [0.717, 1.165) is 33.4 Å². The van der Waals surface area contributed by atoms with Crippen molar-refractivity contribution in [3.05, 3.63) is 133 Å². The number of nitrogens with zero attached hydrogens (tertiary/aromatic N) is 6. The lowest BCUT2D eigenvalue weighted by molar-refractivity contribution is -0.275. The molecular formula is C42H36F6N6O6. The van der Waals surface area contributed by atoms with Crippen molar-refractivity contribution in [1.82, 2.24) is 29.5 Å². The second-order valence-electron chi connectivity index (χ2n) is 12.4. The van der Waals surface area contributed by atoms with Gasteiger partial charge in [-0.05, 0) is 98.5 Å². The van der Waals surface area contributed by atoms with Crippen LogP contribution in [0.1, 0.15) is 38.8 Å². The minimum absolute atomic E-state index is 0.312. The molecule has 0 aliphatic rings. The summed E-state index contributed by atoms with van der Waals surface area (Å²) in [6.45, 7) is 7.73. The first kappa shape index (κ1) is 43.9. The Morgan fingerprint density at radius 1 is 0.550 bits per heavy atom. The van der Waals surface area contributed by atoms with Gasteiger partial charge in [0.25, 0.3) is 0 Å². The summed E-state index contributed by atoms with van der Waals surface area (Å²) in [4.78, 5) is 31.6. The van der Waals surface area contributed by atoms with Crippen molar-refractivity contribution in [2.45, 2.75) is 40.4 Å². The highest BCUT2D eigenvalue weighted by Crippen LogP contribution is 2.27. The molecular weight excluding hydrogens is 798 g/mol. The lowest BCUT2D eigenvalue weighted by Crippen LogP contribution is -2.17. The Morgan fingerprint density at radius 2 is 0.883 bits per heavy atom. The van der Waals surface area contributed by atoms with Crippen molar-refractivity contribution in [2.75, 3.05) is 13.2 Å². The van der Waals surface area contributed by atoms with Gasteiger partial charge in [-0.2, -0.15) is 0 Å². The summed E-state index contributed by atoms with van der Waals surface area (Å²) in [5.74, 6) is -0.521. The molecule has 60 heavy (non-hydrogen) atoms. The van der Waals surface area contributed by atoms with Crippen LogP contribution < -0.4 is 9.47 Å². The van der Waals surface area contributed by atoms with Crippen LogP contribution in [-0.2, 0) is 19.1 Å². The molecule has 2 heterocycles. The number of alkyl halides is 6. The Kier molecular flexibility index (Phi) is 14.2. The van der Waals surface area contributed by atoms with Crippen molar-refractivity contribution in [3.8, 4) is 45.6 Å². The highest BCUT2D eigenvalue weighted by Gasteiger charge is 2.31. The standard InChI is InChI=1S/2C21H18F3N3O3/c2*1-3-29-19(28)12-14(2)15-4-6-16(7-5-15)20-25-13-27(26-20)17-8-10-18(11-9-17)30-21(22,23)24/h2*4-13H,3H2,1-2H3/b14-12+;14-12-. The Labute approximate surface area is 339 Å². The number of benzene rings is 4. The Morgan fingerprint density at radius 3 is 1.18 bits per heavy atom. The number of hydrogen-bond donors (Lipinski definition) is 0. The first-order valence-electron chi connectivity index (χ1n) is 18.0. The largest absolute Gasteiger partial charge is 0.573 e. The molecule has 12 nitrogen and oxygen atoms in total. The molecule has 0 N–H and O–H groups in total. The molecule has 0 aliphatic carbocycles. The average Bonchev–Trinajstić information content (AvgIpc) is 3.90. The summed E-state index contributed by atoms with van der Waals surface area (Å²) >= 11 is 0. The monoisotopic (exact) mass is 834 g/mol. The number of allylic oxidation sites excluding steroid dienone is 2. The van der Waals surface area contributed by atoms with E-state index in [1.165, 1.54) is 82.7 Å². The van der Waals surface area contributed by atoms with Gasteiger partial charge in [0.05, 0.1) is 24.6 Å². The van der Waals surface area contributed by atoms with Gasteiger partial charge in [0.1, 0.15) is 24.2 Å². The molecule has 0 unspecified atom stereocenters. The minimum Gasteiger partial charge on any atom is -0.463 e. The number of ether oxygens (including phenoxy) is 4. The summed E-state index contributed by atoms with van der Waals surface area (Å²) in [6, 6.07) is 25.2. The van der Waals surface area contributed by atoms with E-state index in [9.17, 15) is 35.9 Å². The van der Waals surface area contributed by atoms with E-state index in [0.29, 0.717) is 36.2 Å². The van der Waals surface area contributed by atoms with E-state index in [1.54, 1.807) is 13.8 Å². The summed E-state index contributed by atoms with van der Waals surface area (Å²) < 4.78 is 93.9. The summed E-state index contributed by atoms with van der Waals surface area (Å²) in [5.41, 5.74) is 5.80. The van der Waals surface area contributed by atoms with Crippen molar-refractivity contribution in [1.29, 1.82) is 0 Å². The van der Waals surface area contributed by atoms with Crippen molar-refractivity contribution < 1.29 is 54.9 Å². The van der Waals surface area contributed by atoms with Crippen LogP contribution in [-0.4, -0.2) is 67.4 Å². The third-order valence-electron chi connectivity index (χ3n) is 8.09. The average molecular weight is 835 g/mol. The van der Waals surface area contributed by atoms with Gasteiger partial charge in [0, 0.05) is 23.3 Å². The number of hydrogen-bond acceptors (Lipinski definition) is 10. The van der Waals surface area contributed by atoms with Crippen LogP contribution in [0.5, 0.6) is 11.5 Å². The van der Waals surface area contributed by atoms with Crippen LogP contribution in [0.3, 0.4) is 0 Å². The van der Waals surface area contributed by atoms with Gasteiger partial charge in [-0.15, -0.1) is 36.5 Å². The number of carbonyl (C=O) groups excluding carboxylic acids is 2. The summed E-state index contributed by atoms with van der Waals surface area (Å²) in [7, 11) is 0. The molecule has 2 aromatic heterocycles. The van der Waals surface area contributed by atoms with Gasteiger partial charge in [0.2, 0.25) is 0 Å². The van der Waals surface area contributed by atoms with E-state index in [2.05, 4.69) is 29.6 Å². The van der Waals surface area contributed by atoms with E-state index in [-0.39, 0.29) is 11.5 Å². The molecule has 0 saturated heterocycles. The maximum atomic E-state index is 12.3. The molecule has 0 atom stereocenters. The van der Waals surface area contributed by atoms with Crippen LogP contribution in [0.15, 0.2) is 122 Å². The first-order chi connectivity index (χ1) is 28.5. The fourth-order valence-corrected chi connectivity index (χ4v) is 5.29. The molecule has 0 radical (unpaired) electrons. The third kappa shape index (κ3) is 12.9. The van der Waals surface area contributed by atoms with Gasteiger partial charge in [0.15, 0.2) is 11.6 Å². The molecule has 0 fully saturated rings. The zero-order valence-electron chi connectivity index (χ0n) is 32.4. The van der Waals surface area contributed by atoms with Crippen LogP contribution in [0, 0.1) is 0 Å². The summed E-state index contributed by atoms with van der Waals surface area (Å²) in [5, 5.41) is 8.71. The fourth-order valence-electron chi connectivity index (χ4n) is 5.29. The normalized spacial score (nSPS) is 12.0. The van der Waals surface area contributed by atoms with Gasteiger partial charge in [-0.1, -0.05) is 48.5 Å². The van der Waals surface area contributed by atoms with E-state index >= 15 is 0 Å². The van der Waals surface area contributed by atoms with Crippen LogP contribution >= 0.6 is 0 Å². The van der Waals surface area contributed by atoms with Gasteiger partial charge in [-0.3, -0.25) is 0 Å². The topological polar surface area (TPSA) is 132 Å². The second kappa shape index (κ2) is 19.5. The predicted octanol–water partition coefficient (Wildman–Crippen LogP) is 9.60. The number of esters is 2. The smallest absolute Gasteiger partial charge is 0.463 e. The fraction of sp³-hybridized carbons (Fsp3) is 0.190. The molecule has 0 amide bonds. The van der Waals surface area contributed by atoms with Crippen molar-refractivity contribution in [3.63, 3.8) is 0 Å². The minimum atomic E-state index is -4.74. The molecule has 0 spiro atoms. The SMILES string of the molecule is CCOC(=O)/C=C(/C)c1ccc(-c2ncn(-c3ccc(OC(F)(F)F)cc3)n2)cc1.CCOC(=O)/C=C(\C)c1ccc(-c2ncn(-c3ccc(OC(F)(F)F)cc3)n2)cc1. The first-order valence-corrected chi connectivity index (χ1v) is 18.0. The zero-order chi connectivity index (χ0) is 43.5. The lowest BCUT2D eigenvalue weighted by atomic mass is 10.0. The molecule has 0 saturated carbocycles. The predicted molar refractivity (Wildman–Crippen MR) is 208 cm³/mol. The molecule has 4 aromatic carbocycles. The van der Waals surface area contributed by atoms with Gasteiger partial charge >= 0.3 is 24.7 Å². The highest BCUT2D eigenvalue weighted by molar-refractivity contribution is 5.91. The Hall–Kier alpha value is -7.24. The maximum absolute atomic E-state index is 12.3. The Bertz CT molecular complexity index is 2250. The van der Waals surface area contributed by atoms with E-state index in [4.69, 9.17) is 9.47 Å². The molecule has 0 aliphatic heterocycles. The maximum Gasteiger partial charge on any atom is 0.573 e. The van der Waals surface area contributed by atoms with E-state index < -0.39 is 24.7 Å². The lowest BCUT2D eigenvalue weighted by Gasteiger charge is -2.09. The third-order valence-corrected chi connectivity index (χ3v) is 8.09. The van der Waals surface area contributed by atoms with E-state index in [1.807, 2.05) is 62.4 Å². The van der Waals surface area contributed by atoms with Crippen LogP contribution in [0.4, 0.5) is 26.3 Å². The second-order valence-corrected chi connectivity index (χ2v) is 12.4. The van der Waals surface area contributed by atoms with Crippen molar-refractivity contribution in [2.24, 2.45) is 0 Å². The van der Waals surface area contributed by atoms with Crippen molar-refractivity contribution >= 4 is 23.1 Å². The van der Waals surface area contributed by atoms with Gasteiger partial charge in [-0.25, -0.2) is 28.9 Å². The van der Waals surface area contributed by atoms with Gasteiger partial charge < -0.3 is 18.9 Å². The molecule has 18 heteroatoms. The number of carbonyl (C=O) groups is 2. The number of halogens is 6. The molecule has 312 valence electrons. The zero-order valence-corrected chi connectivity index (χ0v) is 32.4. The quantitative estimate of drug-likeness (QED) is 0.0667. The molecule has 6 rings (SSSR count). The highest BCUT2D eigenvalue weighted by atomic mass is 19.4. The van der Waals surface area contributed by atoms with Crippen LogP contribution in [0.25, 0.3) is 45.3 Å².